The fourth-order valence-electron chi connectivity index (χ4n) is 1.49. The Kier molecular flexibility index (Phi) is 2.70. The Hall–Kier alpha value is -0.605. The molecule has 0 aromatic carbocycles. The average Bonchev–Trinajstić information content (AvgIpc) is 2.62. The maximum atomic E-state index is 12.1. The first-order valence-corrected chi connectivity index (χ1v) is 4.04. The van der Waals surface area contributed by atoms with E-state index in [0.717, 1.165) is 0 Å². The lowest BCUT2D eigenvalue weighted by Crippen LogP contribution is -2.09. The van der Waals surface area contributed by atoms with Gasteiger partial charge in [-0.25, -0.2) is 0 Å². The summed E-state index contributed by atoms with van der Waals surface area (Å²) in [7, 11) is -2.39. The maximum absolute atomic E-state index is 12.1. The second-order valence-electron chi connectivity index (χ2n) is 3.05. The molecule has 1 fully saturated rings. The Bertz CT molecular complexity index is 186. The molecule has 0 amide bonds. The molecule has 68 valence electrons. The molecule has 1 aliphatic rings. The summed E-state index contributed by atoms with van der Waals surface area (Å²) in [6.07, 6.45) is 0. The van der Waals surface area contributed by atoms with Crippen LogP contribution >= 0.6 is 0 Å². The van der Waals surface area contributed by atoms with Crippen LogP contribution in [0, 0.1) is 11.8 Å². The summed E-state index contributed by atoms with van der Waals surface area (Å²) in [4.78, 5) is 11.0. The van der Waals surface area contributed by atoms with Crippen molar-refractivity contribution in [3.05, 3.63) is 0 Å². The predicted molar refractivity (Wildman–Crippen MR) is 41.0 cm³/mol. The number of carbonyl (C=O) groups is 1. The number of halogens is 2. The molecule has 0 bridgehead atoms. The first-order valence-electron chi connectivity index (χ1n) is 4.04. The second-order valence-corrected chi connectivity index (χ2v) is 3.05. The van der Waals surface area contributed by atoms with E-state index in [1.807, 2.05) is 0 Å². The minimum absolute atomic E-state index is 0.218. The van der Waals surface area contributed by atoms with Gasteiger partial charge in [0.2, 0.25) is 0 Å². The van der Waals surface area contributed by atoms with Gasteiger partial charge in [-0.3, -0.25) is 13.4 Å². The molecule has 3 atom stereocenters. The van der Waals surface area contributed by atoms with E-state index in [-0.39, 0.29) is 12.5 Å². The first kappa shape index (κ1) is 9.48. The topological polar surface area (TPSA) is 26.3 Å². The van der Waals surface area contributed by atoms with Gasteiger partial charge in [0.05, 0.1) is 12.5 Å². The van der Waals surface area contributed by atoms with Crippen LogP contribution < -0.4 is 0 Å². The van der Waals surface area contributed by atoms with Crippen molar-refractivity contribution in [3.8, 4) is 0 Å². The van der Waals surface area contributed by atoms with E-state index in [0.29, 0.717) is 0 Å². The fourth-order valence-corrected chi connectivity index (χ4v) is 1.49. The van der Waals surface area contributed by atoms with Crippen molar-refractivity contribution in [3.63, 3.8) is 0 Å². The van der Waals surface area contributed by atoms with Gasteiger partial charge in [-0.2, -0.15) is 0 Å². The van der Waals surface area contributed by atoms with Crippen molar-refractivity contribution in [1.82, 2.24) is 0 Å². The summed E-state index contributed by atoms with van der Waals surface area (Å²) < 4.78 is 28.9. The zero-order valence-corrected chi connectivity index (χ0v) is 7.09. The van der Waals surface area contributed by atoms with Crippen molar-refractivity contribution >= 4 is 13.2 Å². The van der Waals surface area contributed by atoms with Gasteiger partial charge >= 0.3 is 13.2 Å². The van der Waals surface area contributed by atoms with E-state index in [9.17, 15) is 13.4 Å². The van der Waals surface area contributed by atoms with E-state index in [4.69, 9.17) is 0 Å². The van der Waals surface area contributed by atoms with Crippen LogP contribution in [0.25, 0.3) is 0 Å². The van der Waals surface area contributed by atoms with Crippen molar-refractivity contribution in [2.24, 2.45) is 11.8 Å². The van der Waals surface area contributed by atoms with Gasteiger partial charge in [0.15, 0.2) is 0 Å². The zero-order valence-electron chi connectivity index (χ0n) is 7.09. The fraction of sp³-hybridized carbons (Fsp3) is 0.857. The number of rotatable bonds is 3. The molecule has 1 rings (SSSR count). The summed E-state index contributed by atoms with van der Waals surface area (Å²) in [5.41, 5.74) is 0. The van der Waals surface area contributed by atoms with E-state index in [1.54, 1.807) is 13.8 Å². The van der Waals surface area contributed by atoms with E-state index in [2.05, 4.69) is 4.74 Å². The summed E-state index contributed by atoms with van der Waals surface area (Å²) in [5.74, 6) is -2.03. The largest absolute Gasteiger partial charge is 0.542 e. The smallest absolute Gasteiger partial charge is 0.466 e. The molecule has 0 N–H and O–H groups in total. The molecule has 0 spiro atoms. The maximum Gasteiger partial charge on any atom is 0.542 e. The van der Waals surface area contributed by atoms with E-state index < -0.39 is 25.0 Å². The molecule has 12 heavy (non-hydrogen) atoms. The van der Waals surface area contributed by atoms with Gasteiger partial charge in [0, 0.05) is 5.82 Å². The van der Waals surface area contributed by atoms with Crippen LogP contribution in [-0.4, -0.2) is 19.8 Å². The lowest BCUT2D eigenvalue weighted by Gasteiger charge is -1.98. The number of ether oxygens (including phenoxy) is 1. The highest BCUT2D eigenvalue weighted by Crippen LogP contribution is 2.54. The monoisotopic (exact) mass is 176 g/mol. The van der Waals surface area contributed by atoms with Gasteiger partial charge in [0.25, 0.3) is 0 Å². The molecule has 0 aromatic rings. The molecule has 1 saturated carbocycles. The summed E-state index contributed by atoms with van der Waals surface area (Å²) in [6.45, 7) is 3.58. The van der Waals surface area contributed by atoms with Crippen LogP contribution in [0.3, 0.4) is 0 Å². The minimum atomic E-state index is -2.39. The first-order chi connectivity index (χ1) is 5.59. The third-order valence-electron chi connectivity index (χ3n) is 2.30. The quantitative estimate of drug-likeness (QED) is 0.482. The highest BCUT2D eigenvalue weighted by Gasteiger charge is 2.60. The summed E-state index contributed by atoms with van der Waals surface area (Å²) in [6, 6.07) is 0. The van der Waals surface area contributed by atoms with E-state index in [1.165, 1.54) is 0 Å². The molecule has 0 aliphatic heterocycles. The van der Waals surface area contributed by atoms with Crippen LogP contribution in [0.4, 0.5) is 8.63 Å². The summed E-state index contributed by atoms with van der Waals surface area (Å²) in [5, 5.41) is 0. The molecular weight excluding hydrogens is 165 g/mol. The van der Waals surface area contributed by atoms with Crippen LogP contribution in [-0.2, 0) is 9.53 Å². The molecule has 0 saturated heterocycles. The number of hydrogen-bond acceptors (Lipinski definition) is 2. The van der Waals surface area contributed by atoms with Crippen LogP contribution in [0.5, 0.6) is 0 Å². The normalized spacial score (nSPS) is 32.8. The molecule has 2 nitrogen and oxygen atoms in total. The summed E-state index contributed by atoms with van der Waals surface area (Å²) >= 11 is 0. The van der Waals surface area contributed by atoms with Crippen LogP contribution in [0.2, 0.25) is 5.82 Å². The second kappa shape index (κ2) is 3.41. The predicted octanol–water partition coefficient (Wildman–Crippen LogP) is 1.61. The molecule has 1 aliphatic carbocycles. The Morgan fingerprint density at radius 1 is 1.58 bits per heavy atom. The van der Waals surface area contributed by atoms with Crippen molar-refractivity contribution in [2.45, 2.75) is 19.7 Å². The Labute approximate surface area is 70.5 Å². The van der Waals surface area contributed by atoms with Crippen molar-refractivity contribution in [1.29, 1.82) is 0 Å². The van der Waals surface area contributed by atoms with Gasteiger partial charge in [-0.05, 0) is 12.8 Å². The van der Waals surface area contributed by atoms with Gasteiger partial charge in [0.1, 0.15) is 0 Å². The molecule has 0 heterocycles. The standard InChI is InChI=1S/C7H11BF2O2/c1-3-12-7(11)5-4(2)6(5)8(9)10/h4-6H,3H2,1-2H3/t4?,5-,6+/m1/s1. The SMILES string of the molecule is CCOC(=O)[C@@H]1C(C)[C@@H]1B(F)F. The van der Waals surface area contributed by atoms with Gasteiger partial charge < -0.3 is 4.74 Å². The van der Waals surface area contributed by atoms with E-state index >= 15 is 0 Å². The molecule has 1 unspecified atom stereocenters. The Balaban J connectivity index is 2.42. The van der Waals surface area contributed by atoms with Crippen LogP contribution in [0.1, 0.15) is 13.8 Å². The number of carbonyl (C=O) groups excluding carboxylic acids is 1. The molecule has 0 radical (unpaired) electrons. The number of hydrogen-bond donors (Lipinski definition) is 0. The molecule has 0 aromatic heterocycles. The third-order valence-corrected chi connectivity index (χ3v) is 2.30. The van der Waals surface area contributed by atoms with Crippen LogP contribution in [0.15, 0.2) is 0 Å². The zero-order chi connectivity index (χ0) is 9.30. The lowest BCUT2D eigenvalue weighted by atomic mass is 9.87. The highest BCUT2D eigenvalue weighted by molar-refractivity contribution is 6.47. The van der Waals surface area contributed by atoms with Gasteiger partial charge in [-0.15, -0.1) is 0 Å². The molecular formula is C7H11BF2O2. The van der Waals surface area contributed by atoms with Gasteiger partial charge in [-0.1, -0.05) is 6.92 Å². The Morgan fingerprint density at radius 3 is 2.50 bits per heavy atom. The third kappa shape index (κ3) is 1.59. The average molecular weight is 176 g/mol. The lowest BCUT2D eigenvalue weighted by molar-refractivity contribution is -0.145. The van der Waals surface area contributed by atoms with Crippen molar-refractivity contribution in [2.75, 3.05) is 6.61 Å². The number of esters is 1. The Morgan fingerprint density at radius 2 is 2.17 bits per heavy atom. The minimum Gasteiger partial charge on any atom is -0.466 e. The molecule has 5 heteroatoms. The highest BCUT2D eigenvalue weighted by atomic mass is 19.2. The van der Waals surface area contributed by atoms with Crippen molar-refractivity contribution < 1.29 is 18.2 Å².